The van der Waals surface area contributed by atoms with Gasteiger partial charge in [-0.25, -0.2) is 24.5 Å². The first-order valence-corrected chi connectivity index (χ1v) is 17.7. The van der Waals surface area contributed by atoms with Gasteiger partial charge in [0, 0.05) is 71.3 Å². The van der Waals surface area contributed by atoms with Crippen molar-refractivity contribution in [1.82, 2.24) is 25.5 Å². The molecule has 0 bridgehead atoms. The van der Waals surface area contributed by atoms with E-state index >= 15 is 0 Å². The molecule has 0 aliphatic carbocycles. The molecule has 4 N–H and O–H groups in total. The number of rotatable bonds is 8. The van der Waals surface area contributed by atoms with Gasteiger partial charge in [-0.3, -0.25) is 0 Å². The molecule has 2 aromatic heterocycles. The van der Waals surface area contributed by atoms with Gasteiger partial charge in [-0.05, 0) is 59.7 Å². The van der Waals surface area contributed by atoms with Crippen molar-refractivity contribution in [2.75, 3.05) is 76.4 Å². The molecule has 20 heteroatoms. The summed E-state index contributed by atoms with van der Waals surface area (Å²) in [4.78, 5) is 38.1. The van der Waals surface area contributed by atoms with E-state index in [0.29, 0.717) is 37.7 Å². The molecule has 0 unspecified atom stereocenters. The van der Waals surface area contributed by atoms with Crippen LogP contribution >= 0.6 is 0 Å². The number of pyridine rings is 2. The molecule has 2 amide bonds. The zero-order chi connectivity index (χ0) is 42.3. The highest BCUT2D eigenvalue weighted by atomic mass is 19.4. The molecule has 6 rings (SSSR count). The second-order valence-electron chi connectivity index (χ2n) is 12.5. The number of aliphatic imine (C=N–C) groups is 1. The lowest BCUT2D eigenvalue weighted by atomic mass is 10.2. The van der Waals surface area contributed by atoms with E-state index in [1.807, 2.05) is 0 Å². The zero-order valence-electron chi connectivity index (χ0n) is 31.5. The molecule has 2 aliphatic rings. The Morgan fingerprint density at radius 2 is 1.25 bits per heavy atom. The van der Waals surface area contributed by atoms with Gasteiger partial charge in [-0.2, -0.15) is 26.3 Å². The Balaban J connectivity index is 0.000000261. The maximum Gasteiger partial charge on any atom is 0.419 e. The number of piperazine rings is 2. The third kappa shape index (κ3) is 13.7. The average Bonchev–Trinajstić information content (AvgIpc) is 3.23. The molecule has 4 aromatic rings. The summed E-state index contributed by atoms with van der Waals surface area (Å²) in [5.74, 6) is 0.681. The van der Waals surface area contributed by atoms with Gasteiger partial charge in [-0.15, -0.1) is 0 Å². The summed E-state index contributed by atoms with van der Waals surface area (Å²) in [6, 6.07) is 13.9. The number of anilines is 2. The Kier molecular flexibility index (Phi) is 17.6. The molecule has 0 atom stereocenters. The summed E-state index contributed by atoms with van der Waals surface area (Å²) in [6.07, 6.45) is -4.66. The Morgan fingerprint density at radius 3 is 1.73 bits per heavy atom. The van der Waals surface area contributed by atoms with E-state index < -0.39 is 23.5 Å². The van der Waals surface area contributed by atoms with Crippen molar-refractivity contribution in [3.63, 3.8) is 0 Å². The number of phenolic OH excluding ortho intramolecular Hbond substituents is 2. The molecule has 0 saturated carbocycles. The predicted molar refractivity (Wildman–Crippen MR) is 207 cm³/mol. The van der Waals surface area contributed by atoms with Gasteiger partial charge in [0.15, 0.2) is 23.0 Å². The Morgan fingerprint density at radius 1 is 0.780 bits per heavy atom. The first-order chi connectivity index (χ1) is 27.7. The summed E-state index contributed by atoms with van der Waals surface area (Å²) < 4.78 is 87.6. The fourth-order valence-corrected chi connectivity index (χ4v) is 5.80. The molecular weight excluding hydrogens is 790 g/mol. The summed E-state index contributed by atoms with van der Waals surface area (Å²) in [5, 5.41) is 24.7. The van der Waals surface area contributed by atoms with Crippen LogP contribution in [0, 0.1) is 0 Å². The highest BCUT2D eigenvalue weighted by Crippen LogP contribution is 2.36. The normalized spacial score (nSPS) is 13.9. The number of halogens is 6. The van der Waals surface area contributed by atoms with Crippen LogP contribution in [0.5, 0.6) is 23.0 Å². The number of nitrogens with zero attached hydrogens (tertiary/aromatic N) is 6. The molecule has 0 spiro atoms. The monoisotopic (exact) mass is 836 g/mol. The number of urea groups is 1. The summed E-state index contributed by atoms with van der Waals surface area (Å²) in [6.45, 7) is 4.02. The number of nitrogens with one attached hydrogen (secondary N) is 2. The van der Waals surface area contributed by atoms with Crippen molar-refractivity contribution in [1.29, 1.82) is 0 Å². The molecule has 59 heavy (non-hydrogen) atoms. The number of carbonyl (C=O) groups is 1. The molecule has 2 aromatic carbocycles. The largest absolute Gasteiger partial charge is 0.504 e. The minimum absolute atomic E-state index is 0. The first kappa shape index (κ1) is 47.1. The maximum atomic E-state index is 13.2. The number of phenols is 2. The number of hydrogen-bond acceptors (Lipinski definition) is 12. The van der Waals surface area contributed by atoms with Gasteiger partial charge in [0.25, 0.3) is 0 Å². The van der Waals surface area contributed by atoms with Crippen LogP contribution in [0.2, 0.25) is 0 Å². The lowest BCUT2D eigenvalue weighted by molar-refractivity contribution is -0.138. The fourth-order valence-electron chi connectivity index (χ4n) is 5.80. The van der Waals surface area contributed by atoms with Gasteiger partial charge in [0.05, 0.1) is 31.9 Å². The van der Waals surface area contributed by atoms with E-state index in [0.717, 1.165) is 23.3 Å². The molecule has 2 fully saturated rings. The number of methoxy groups -OCH3 is 2. The molecule has 14 nitrogen and oxygen atoms in total. The number of carbonyl (C=O) groups excluding carboxylic acids is 2. The lowest BCUT2D eigenvalue weighted by Gasteiger charge is -2.36. The smallest absolute Gasteiger partial charge is 0.419 e. The van der Waals surface area contributed by atoms with E-state index in [2.05, 4.69) is 25.6 Å². The number of isocyanates is 1. The third-order valence-electron chi connectivity index (χ3n) is 8.73. The number of benzene rings is 2. The van der Waals surface area contributed by atoms with Gasteiger partial charge >= 0.3 is 18.4 Å². The van der Waals surface area contributed by atoms with E-state index in [4.69, 9.17) is 9.47 Å². The van der Waals surface area contributed by atoms with Crippen molar-refractivity contribution in [2.45, 2.75) is 32.9 Å². The number of hydrogen-bond donors (Lipinski definition) is 4. The van der Waals surface area contributed by atoms with Gasteiger partial charge in [-0.1, -0.05) is 19.6 Å². The fraction of sp³-hybridized carbons (Fsp3) is 0.385. The van der Waals surface area contributed by atoms with E-state index in [-0.39, 0.29) is 75.9 Å². The molecular formula is C39H46F6N8O6. The minimum Gasteiger partial charge on any atom is -0.504 e. The van der Waals surface area contributed by atoms with Crippen molar-refractivity contribution in [2.24, 2.45) is 4.99 Å². The van der Waals surface area contributed by atoms with Gasteiger partial charge < -0.3 is 45.0 Å². The van der Waals surface area contributed by atoms with Crippen molar-refractivity contribution in [3.05, 3.63) is 95.3 Å². The van der Waals surface area contributed by atoms with Crippen LogP contribution in [0.3, 0.4) is 0 Å². The standard InChI is InChI=1S/C19H21F3N4O3.C10H12F3N3.C9H9NO3.CH4/c1-29-16-11-13(4-5-15(16)27)12-24-18(28)26-9-7-25(8-10-26)17-14(19(20,21)22)3-2-6-23-17;11-10(12,13)8-2-1-3-15-9(8)16-6-4-14-5-7-16;1-13-9-4-7(5-10-6-11)2-3-8(9)12;/h2-6,11,27H,7-10,12H2,1H3,(H,24,28);1-3,14H,4-7H2;2-4,12H,5H2,1H3;1H4. The topological polar surface area (TPSA) is 165 Å². The second kappa shape index (κ2) is 22.0. The Labute approximate surface area is 337 Å². The van der Waals surface area contributed by atoms with Crippen molar-refractivity contribution >= 4 is 23.7 Å². The number of ether oxygens (including phenoxy) is 2. The molecule has 2 aliphatic heterocycles. The zero-order valence-corrected chi connectivity index (χ0v) is 31.5. The lowest BCUT2D eigenvalue weighted by Crippen LogP contribution is -2.52. The van der Waals surface area contributed by atoms with Crippen LogP contribution in [-0.2, 0) is 30.2 Å². The van der Waals surface area contributed by atoms with Crippen LogP contribution < -0.4 is 29.9 Å². The first-order valence-electron chi connectivity index (χ1n) is 17.7. The number of aromatic nitrogens is 2. The summed E-state index contributed by atoms with van der Waals surface area (Å²) in [5.41, 5.74) is 0.101. The quantitative estimate of drug-likeness (QED) is 0.0904. The van der Waals surface area contributed by atoms with Crippen LogP contribution in [0.1, 0.15) is 29.7 Å². The highest BCUT2D eigenvalue weighted by Gasteiger charge is 2.37. The van der Waals surface area contributed by atoms with E-state index in [1.165, 1.54) is 61.9 Å². The van der Waals surface area contributed by atoms with Gasteiger partial charge in [0.1, 0.15) is 11.6 Å². The van der Waals surface area contributed by atoms with E-state index in [1.54, 1.807) is 34.1 Å². The maximum absolute atomic E-state index is 13.2. The predicted octanol–water partition coefficient (Wildman–Crippen LogP) is 6.23. The Hall–Kier alpha value is -6.27. The molecule has 320 valence electrons. The average molecular weight is 837 g/mol. The number of alkyl halides is 6. The van der Waals surface area contributed by atoms with Crippen molar-refractivity contribution in [3.8, 4) is 23.0 Å². The summed E-state index contributed by atoms with van der Waals surface area (Å²) >= 11 is 0. The Bertz CT molecular complexity index is 2000. The van der Waals surface area contributed by atoms with Crippen LogP contribution in [-0.4, -0.2) is 104 Å². The number of amides is 2. The van der Waals surface area contributed by atoms with Crippen LogP contribution in [0.15, 0.2) is 78.0 Å². The SMILES string of the molecule is C.COc1cc(CN=C=O)ccc1O.COc1cc(CNC(=O)N2CCN(c3ncccc3C(F)(F)F)CC2)ccc1O.FC(F)(F)c1cccnc1N1CCNCC1. The van der Waals surface area contributed by atoms with Crippen LogP contribution in [0.25, 0.3) is 0 Å². The third-order valence-corrected chi connectivity index (χ3v) is 8.73. The second-order valence-corrected chi connectivity index (χ2v) is 12.5. The number of aromatic hydroxyl groups is 2. The minimum atomic E-state index is -4.48. The molecule has 0 radical (unpaired) electrons. The van der Waals surface area contributed by atoms with E-state index in [9.17, 15) is 46.1 Å². The molecule has 2 saturated heterocycles. The van der Waals surface area contributed by atoms with Crippen LogP contribution in [0.4, 0.5) is 42.8 Å². The van der Waals surface area contributed by atoms with Gasteiger partial charge in [0.2, 0.25) is 6.08 Å². The molecule has 4 heterocycles. The van der Waals surface area contributed by atoms with Crippen molar-refractivity contribution < 1.29 is 55.6 Å². The highest BCUT2D eigenvalue weighted by molar-refractivity contribution is 5.74. The summed E-state index contributed by atoms with van der Waals surface area (Å²) in [7, 11) is 2.89.